The van der Waals surface area contributed by atoms with Gasteiger partial charge in [-0.2, -0.15) is 4.98 Å². The summed E-state index contributed by atoms with van der Waals surface area (Å²) in [6.45, 7) is 5.95. The highest BCUT2D eigenvalue weighted by atomic mass is 19.1. The summed E-state index contributed by atoms with van der Waals surface area (Å²) in [7, 11) is 0. The molecule has 0 radical (unpaired) electrons. The van der Waals surface area contributed by atoms with Crippen LogP contribution < -0.4 is 5.32 Å². The topological polar surface area (TPSA) is 88.2 Å². The van der Waals surface area contributed by atoms with Crippen LogP contribution in [0.25, 0.3) is 0 Å². The number of aryl methyl sites for hydroxylation is 1. The van der Waals surface area contributed by atoms with Crippen molar-refractivity contribution in [2.45, 2.75) is 58.6 Å². The van der Waals surface area contributed by atoms with Gasteiger partial charge in [-0.3, -0.25) is 4.79 Å². The summed E-state index contributed by atoms with van der Waals surface area (Å²) in [5.74, 6) is 0.629. The number of rotatable bonds is 7. The molecule has 1 aromatic heterocycles. The van der Waals surface area contributed by atoms with Crippen molar-refractivity contribution in [3.63, 3.8) is 0 Å². The zero-order valence-electron chi connectivity index (χ0n) is 14.8. The highest BCUT2D eigenvalue weighted by Gasteiger charge is 2.20. The second-order valence-corrected chi connectivity index (χ2v) is 6.98. The summed E-state index contributed by atoms with van der Waals surface area (Å²) in [4.78, 5) is 16.2. The normalized spacial score (nSPS) is 11.6. The van der Waals surface area contributed by atoms with Gasteiger partial charge in [-0.1, -0.05) is 32.0 Å². The maximum Gasteiger partial charge on any atom is 0.226 e. The third-order valence-electron chi connectivity index (χ3n) is 3.70. The molecule has 0 aliphatic carbocycles. The summed E-state index contributed by atoms with van der Waals surface area (Å²) < 4.78 is 18.5. The van der Waals surface area contributed by atoms with E-state index in [4.69, 9.17) is 9.63 Å². The predicted molar refractivity (Wildman–Crippen MR) is 90.1 cm³/mol. The van der Waals surface area contributed by atoms with Crippen molar-refractivity contribution in [1.29, 1.82) is 0 Å². The number of hydrogen-bond donors (Lipinski definition) is 2. The molecule has 7 heteroatoms. The van der Waals surface area contributed by atoms with Crippen molar-refractivity contribution in [2.24, 2.45) is 0 Å². The van der Waals surface area contributed by atoms with Gasteiger partial charge in [-0.25, -0.2) is 4.39 Å². The molecule has 0 aliphatic heterocycles. The molecule has 6 nitrogen and oxygen atoms in total. The Morgan fingerprint density at radius 2 is 2.12 bits per heavy atom. The average molecular weight is 349 g/mol. The van der Waals surface area contributed by atoms with Gasteiger partial charge >= 0.3 is 0 Å². The summed E-state index contributed by atoms with van der Waals surface area (Å²) in [6.07, 6.45) is 1.48. The lowest BCUT2D eigenvalue weighted by Gasteiger charge is -2.10. The van der Waals surface area contributed by atoms with Crippen molar-refractivity contribution >= 4 is 5.91 Å². The first-order chi connectivity index (χ1) is 11.8. The van der Waals surface area contributed by atoms with Crippen LogP contribution in [0.1, 0.15) is 56.5 Å². The van der Waals surface area contributed by atoms with Crippen LogP contribution >= 0.6 is 0 Å². The van der Waals surface area contributed by atoms with E-state index in [0.29, 0.717) is 37.5 Å². The number of nitrogens with one attached hydrogen (secondary N) is 1. The number of aliphatic hydroxyl groups is 1. The molecular weight excluding hydrogens is 325 g/mol. The number of aromatic nitrogens is 2. The Morgan fingerprint density at radius 3 is 2.76 bits per heavy atom. The number of halogens is 1. The lowest BCUT2D eigenvalue weighted by molar-refractivity contribution is -0.121. The van der Waals surface area contributed by atoms with Crippen molar-refractivity contribution in [2.75, 3.05) is 0 Å². The van der Waals surface area contributed by atoms with Gasteiger partial charge in [-0.05, 0) is 24.1 Å². The van der Waals surface area contributed by atoms with E-state index in [9.17, 15) is 9.18 Å². The Bertz CT molecular complexity index is 723. The number of aliphatic hydroxyl groups excluding tert-OH is 1. The number of benzene rings is 1. The summed E-state index contributed by atoms with van der Waals surface area (Å²) in [6, 6.07) is 4.42. The molecule has 0 saturated heterocycles. The van der Waals surface area contributed by atoms with Crippen molar-refractivity contribution < 1.29 is 18.8 Å². The number of amides is 1. The van der Waals surface area contributed by atoms with Gasteiger partial charge in [0.1, 0.15) is 5.82 Å². The van der Waals surface area contributed by atoms with Crippen LogP contribution in [-0.2, 0) is 29.8 Å². The van der Waals surface area contributed by atoms with E-state index in [-0.39, 0.29) is 23.5 Å². The van der Waals surface area contributed by atoms with Gasteiger partial charge in [0.15, 0.2) is 5.82 Å². The second-order valence-electron chi connectivity index (χ2n) is 6.98. The summed E-state index contributed by atoms with van der Waals surface area (Å²) in [5, 5.41) is 15.8. The van der Waals surface area contributed by atoms with E-state index >= 15 is 0 Å². The first-order valence-electron chi connectivity index (χ1n) is 8.27. The Labute approximate surface area is 146 Å². The lowest BCUT2D eigenvalue weighted by atomic mass is 9.96. The fourth-order valence-corrected chi connectivity index (χ4v) is 2.21. The fraction of sp³-hybridized carbons (Fsp3) is 0.500. The quantitative estimate of drug-likeness (QED) is 0.802. The molecule has 0 aliphatic rings. The number of carbonyl (C=O) groups excluding carboxylic acids is 1. The minimum Gasteiger partial charge on any atom is -0.392 e. The second kappa shape index (κ2) is 8.20. The molecule has 0 fully saturated rings. The summed E-state index contributed by atoms with van der Waals surface area (Å²) in [5.41, 5.74) is 0.796. The molecule has 0 saturated carbocycles. The molecule has 0 spiro atoms. The molecule has 1 heterocycles. The Kier molecular flexibility index (Phi) is 6.25. The highest BCUT2D eigenvalue weighted by molar-refractivity contribution is 5.75. The molecule has 0 bridgehead atoms. The first kappa shape index (κ1) is 19.1. The third kappa shape index (κ3) is 5.63. The van der Waals surface area contributed by atoms with Crippen LogP contribution in [0.5, 0.6) is 0 Å². The maximum atomic E-state index is 13.3. The van der Waals surface area contributed by atoms with Crippen LogP contribution in [0.2, 0.25) is 0 Å². The minimum absolute atomic E-state index is 0.106. The van der Waals surface area contributed by atoms with E-state index < -0.39 is 5.82 Å². The van der Waals surface area contributed by atoms with E-state index in [1.54, 1.807) is 12.1 Å². The monoisotopic (exact) mass is 349 g/mol. The van der Waals surface area contributed by atoms with Crippen LogP contribution in [0.3, 0.4) is 0 Å². The molecule has 136 valence electrons. The van der Waals surface area contributed by atoms with Gasteiger partial charge < -0.3 is 14.9 Å². The molecule has 1 aromatic carbocycles. The highest BCUT2D eigenvalue weighted by Crippen LogP contribution is 2.19. The zero-order chi connectivity index (χ0) is 18.4. The van der Waals surface area contributed by atoms with Gasteiger partial charge in [0, 0.05) is 30.4 Å². The molecule has 0 atom stereocenters. The molecular formula is C18H24FN3O3. The molecule has 0 unspecified atom stereocenters. The molecule has 2 aromatic rings. The number of carbonyl (C=O) groups is 1. The zero-order valence-corrected chi connectivity index (χ0v) is 14.8. The van der Waals surface area contributed by atoms with E-state index in [1.807, 2.05) is 20.8 Å². The molecule has 25 heavy (non-hydrogen) atoms. The van der Waals surface area contributed by atoms with Crippen LogP contribution in [0.4, 0.5) is 4.39 Å². The minimum atomic E-state index is -0.452. The van der Waals surface area contributed by atoms with Crippen LogP contribution in [0, 0.1) is 5.82 Å². The molecule has 1 amide bonds. The third-order valence-corrected chi connectivity index (χ3v) is 3.70. The Morgan fingerprint density at radius 1 is 1.36 bits per heavy atom. The van der Waals surface area contributed by atoms with Crippen molar-refractivity contribution in [3.05, 3.63) is 46.9 Å². The largest absolute Gasteiger partial charge is 0.392 e. The Hall–Kier alpha value is -2.28. The van der Waals surface area contributed by atoms with Gasteiger partial charge in [0.2, 0.25) is 11.8 Å². The standard InChI is InChI=1S/C18H24FN3O3/c1-18(2,3)17-21-16(25-22-17)6-4-5-15(24)20-10-12-7-8-14(19)13(9-12)11-23/h7-9,23H,4-6,10-11H2,1-3H3,(H,20,24). The predicted octanol–water partition coefficient (Wildman–Crippen LogP) is 2.64. The lowest BCUT2D eigenvalue weighted by Crippen LogP contribution is -2.22. The van der Waals surface area contributed by atoms with Gasteiger partial charge in [-0.15, -0.1) is 0 Å². The van der Waals surface area contributed by atoms with Crippen LogP contribution in [0.15, 0.2) is 22.7 Å². The van der Waals surface area contributed by atoms with Crippen molar-refractivity contribution in [1.82, 2.24) is 15.5 Å². The van der Waals surface area contributed by atoms with Crippen molar-refractivity contribution in [3.8, 4) is 0 Å². The average Bonchev–Trinajstić information content (AvgIpc) is 3.03. The smallest absolute Gasteiger partial charge is 0.226 e. The first-order valence-corrected chi connectivity index (χ1v) is 8.27. The molecule has 2 N–H and O–H groups in total. The SMILES string of the molecule is CC(C)(C)c1noc(CCCC(=O)NCc2ccc(F)c(CO)c2)n1. The van der Waals surface area contributed by atoms with Crippen LogP contribution in [-0.4, -0.2) is 21.2 Å². The van der Waals surface area contributed by atoms with E-state index in [0.717, 1.165) is 5.56 Å². The summed E-state index contributed by atoms with van der Waals surface area (Å²) >= 11 is 0. The van der Waals surface area contributed by atoms with Gasteiger partial charge in [0.25, 0.3) is 0 Å². The number of nitrogens with zero attached hydrogens (tertiary/aromatic N) is 2. The van der Waals surface area contributed by atoms with E-state index in [1.165, 1.54) is 6.07 Å². The van der Waals surface area contributed by atoms with Gasteiger partial charge in [0.05, 0.1) is 6.61 Å². The number of hydrogen-bond acceptors (Lipinski definition) is 5. The molecule has 2 rings (SSSR count). The fourth-order valence-electron chi connectivity index (χ4n) is 2.21. The maximum absolute atomic E-state index is 13.3. The van der Waals surface area contributed by atoms with E-state index in [2.05, 4.69) is 15.5 Å². The Balaban J connectivity index is 1.75.